The van der Waals surface area contributed by atoms with Gasteiger partial charge in [-0.2, -0.15) is 0 Å². The number of hydrogen-bond acceptors (Lipinski definition) is 16. The highest BCUT2D eigenvalue weighted by Crippen LogP contribution is 2.39. The Balaban J connectivity index is 0.000000156. The Kier molecular flexibility index (Phi) is 35.7. The van der Waals surface area contributed by atoms with Gasteiger partial charge in [-0.15, -0.1) is 0 Å². The van der Waals surface area contributed by atoms with Crippen molar-refractivity contribution >= 4 is 63.3 Å². The molecule has 0 saturated heterocycles. The first-order chi connectivity index (χ1) is 62.0. The van der Waals surface area contributed by atoms with Gasteiger partial charge in [0.25, 0.3) is 0 Å². The molecule has 0 atom stereocenters. The van der Waals surface area contributed by atoms with Gasteiger partial charge in [-0.25, -0.2) is 35.5 Å². The number of nitrogens with two attached hydrogens (primary N) is 3. The van der Waals surface area contributed by atoms with Crippen LogP contribution in [0, 0.1) is 58.7 Å². The van der Waals surface area contributed by atoms with Crippen molar-refractivity contribution in [2.75, 3.05) is 0 Å². The average Bonchev–Trinajstić information content (AvgIpc) is 1.20. The smallest absolute Gasteiger partial charge is 0.311 e. The first kappa shape index (κ1) is 97.0. The van der Waals surface area contributed by atoms with Crippen LogP contribution >= 0.6 is 0 Å². The molecular weight excluding hydrogens is 1670 g/mol. The Morgan fingerprint density at radius 3 is 0.729 bits per heavy atom. The highest BCUT2D eigenvalue weighted by atomic mass is 32.2. The van der Waals surface area contributed by atoms with Crippen molar-refractivity contribution in [3.63, 3.8) is 0 Å². The molecule has 676 valence electrons. The summed E-state index contributed by atoms with van der Waals surface area (Å²) in [6, 6.07) is 53.1. The van der Waals surface area contributed by atoms with Crippen molar-refractivity contribution in [2.24, 2.45) is 46.2 Å². The van der Waals surface area contributed by atoms with Gasteiger partial charge in [0.2, 0.25) is 21.8 Å². The molecule has 5 aliphatic carbocycles. The van der Waals surface area contributed by atoms with Gasteiger partial charge in [-0.1, -0.05) is 157 Å². The van der Waals surface area contributed by atoms with Crippen LogP contribution in [-0.4, -0.2) is 61.6 Å². The van der Waals surface area contributed by atoms with E-state index in [9.17, 15) is 73.5 Å². The molecule has 6 N–H and O–H groups in total. The zero-order valence-corrected chi connectivity index (χ0v) is 73.3. The van der Waals surface area contributed by atoms with Crippen LogP contribution in [0.1, 0.15) is 235 Å². The topological polar surface area (TPSA) is 312 Å². The van der Waals surface area contributed by atoms with Crippen LogP contribution in [-0.2, 0) is 34.0 Å². The van der Waals surface area contributed by atoms with E-state index in [1.807, 2.05) is 0 Å². The Labute approximate surface area is 749 Å². The molecule has 5 fully saturated rings. The second kappa shape index (κ2) is 47.4. The largest absolute Gasteiger partial charge is 0.426 e. The molecule has 0 aromatic heterocycles. The number of Topliss-reactive ketones (excluding diaryl/α,β-unsaturated/α-hetero) is 2. The van der Waals surface area contributed by atoms with Crippen LogP contribution in [0.5, 0.6) is 28.7 Å². The minimum atomic E-state index is -3.90. The van der Waals surface area contributed by atoms with E-state index in [1.165, 1.54) is 160 Å². The van der Waals surface area contributed by atoms with Crippen molar-refractivity contribution in [2.45, 2.75) is 199 Å². The van der Waals surface area contributed by atoms with Gasteiger partial charge in [0.05, 0.1) is 4.90 Å². The predicted molar refractivity (Wildman–Crippen MR) is 482 cm³/mol. The summed E-state index contributed by atoms with van der Waals surface area (Å²) in [6.45, 7) is 3.59. The van der Waals surface area contributed by atoms with E-state index >= 15 is 0 Å². The SMILES string of the molecule is CCC(=O)c1cccc(-c2cc(OC(=O)CC3CCCC3)ccc2F)c1.CCC(=O)c1cccc(-c2cc(OC(=O)CC3CCCCC3)ccc2F)c1.NC(=O)c1cccc(-c2cc(OC(=O)CC3CCC3)ccc2F)c1.NC(=O)c1cccc(-c2cc(OC(=O)CC3CCCC3)ccc2F)c1.NS(=O)(=O)c1cccc(-c2cc(OC(=O)CC3CCCCC3)ccc2F)c1. The number of benzene rings is 10. The third-order valence-corrected chi connectivity index (χ3v) is 24.7. The molecule has 10 aromatic carbocycles. The summed E-state index contributed by atoms with van der Waals surface area (Å²) in [7, 11) is -3.90. The number of ether oxygens (including phenoxy) is 5. The van der Waals surface area contributed by atoms with E-state index in [4.69, 9.17) is 40.3 Å². The van der Waals surface area contributed by atoms with Gasteiger partial charge >= 0.3 is 29.8 Å². The van der Waals surface area contributed by atoms with E-state index < -0.39 is 50.9 Å². The summed E-state index contributed by atoms with van der Waals surface area (Å²) in [5, 5.41) is 5.14. The summed E-state index contributed by atoms with van der Waals surface area (Å²) >= 11 is 0. The van der Waals surface area contributed by atoms with Crippen molar-refractivity contribution in [1.29, 1.82) is 0 Å². The molecule has 0 bridgehead atoms. The zero-order chi connectivity index (χ0) is 92.1. The van der Waals surface area contributed by atoms with E-state index in [1.54, 1.807) is 105 Å². The monoisotopic (exact) mass is 1780 g/mol. The van der Waals surface area contributed by atoms with Gasteiger partial charge in [-0.05, 0) is 261 Å². The number of primary sulfonamides is 1. The highest BCUT2D eigenvalue weighted by molar-refractivity contribution is 7.89. The maximum absolute atomic E-state index is 14.4. The minimum absolute atomic E-state index is 0.00593. The van der Waals surface area contributed by atoms with Gasteiger partial charge in [0.15, 0.2) is 11.6 Å². The lowest BCUT2D eigenvalue weighted by molar-refractivity contribution is -0.136. The Morgan fingerprint density at radius 2 is 0.504 bits per heavy atom. The van der Waals surface area contributed by atoms with Crippen LogP contribution in [0.3, 0.4) is 0 Å². The third-order valence-electron chi connectivity index (χ3n) is 23.8. The molecular formula is C104H108F5N3O16S. The number of ketones is 2. The number of esters is 5. The van der Waals surface area contributed by atoms with E-state index in [0.29, 0.717) is 159 Å². The van der Waals surface area contributed by atoms with Crippen molar-refractivity contribution in [3.8, 4) is 84.4 Å². The Hall–Kier alpha value is -12.6. The lowest BCUT2D eigenvalue weighted by atomic mass is 9.83. The standard InChI is InChI=1S/C23H25FO3.C22H23FO3.C20H22FNO4S.C20H20FNO3.C19H18FNO3/c1-2-22(25)18-10-6-9-17(14-18)20-15-19(11-12-21(20)24)27-23(26)13-16-7-4-3-5-8-16;1-2-21(24)17-9-5-8-16(13-17)19-14-18(10-11-20(19)23)26-22(25)12-15-6-3-4-7-15;21-19-10-9-16(26-20(23)11-14-5-2-1-3-6-14)13-18(19)15-7-4-8-17(12-15)27(22,24)25;21-18-9-8-16(25-19(23)10-13-4-1-2-5-13)12-17(18)14-6-3-7-15(11-14)20(22)24;20-17-8-7-15(24-18(22)9-12-3-1-4-12)11-16(17)13-5-2-6-14(10-13)19(21)23/h6,9-12,14-16H,2-5,7-8,13H2,1H3;5,8-11,13-15H,2-4,6-7,12H2,1H3;4,7-10,12-14H,1-3,5-6,11H2,(H2,22,24,25);3,6-9,11-13H,1-2,4-5,10H2,(H2,22,24);2,5-8,10-12H,1,3-4,9H2,(H2,21,23). The molecule has 0 spiro atoms. The number of sulfonamides is 1. The average molecular weight is 1780 g/mol. The number of carbonyl (C=O) groups excluding carboxylic acids is 9. The van der Waals surface area contributed by atoms with E-state index in [-0.39, 0.29) is 68.7 Å². The summed E-state index contributed by atoms with van der Waals surface area (Å²) in [6.07, 6.45) is 26.2. The fraction of sp³-hybridized carbons (Fsp3) is 0.337. The highest BCUT2D eigenvalue weighted by Gasteiger charge is 2.27. The number of primary amides is 2. The van der Waals surface area contributed by atoms with Gasteiger partial charge in [0, 0.05) is 95.0 Å². The molecule has 5 aliphatic rings. The first-order valence-electron chi connectivity index (χ1n) is 44.2. The molecule has 0 aliphatic heterocycles. The van der Waals surface area contributed by atoms with Crippen LogP contribution in [0.15, 0.2) is 217 Å². The predicted octanol–water partition coefficient (Wildman–Crippen LogP) is 23.3. The molecule has 0 unspecified atom stereocenters. The first-order valence-corrected chi connectivity index (χ1v) is 45.8. The molecule has 19 nitrogen and oxygen atoms in total. The Bertz CT molecular complexity index is 5770. The van der Waals surface area contributed by atoms with E-state index in [0.717, 1.165) is 96.3 Å². The van der Waals surface area contributed by atoms with E-state index in [2.05, 4.69) is 0 Å². The molecule has 10 aromatic rings. The summed E-state index contributed by atoms with van der Waals surface area (Å²) in [4.78, 5) is 107. The molecule has 5 saturated carbocycles. The van der Waals surface area contributed by atoms with Crippen molar-refractivity contribution in [3.05, 3.63) is 264 Å². The number of halogens is 5. The maximum Gasteiger partial charge on any atom is 0.311 e. The molecule has 129 heavy (non-hydrogen) atoms. The summed E-state index contributed by atoms with van der Waals surface area (Å²) in [5.41, 5.74) is 16.0. The number of carbonyl (C=O) groups is 9. The fourth-order valence-corrected chi connectivity index (χ4v) is 17.1. The third kappa shape index (κ3) is 29.5. The van der Waals surface area contributed by atoms with Gasteiger partial charge in [0.1, 0.15) is 57.8 Å². The zero-order valence-electron chi connectivity index (χ0n) is 72.5. The van der Waals surface area contributed by atoms with Gasteiger partial charge in [-0.3, -0.25) is 43.2 Å². The van der Waals surface area contributed by atoms with Crippen molar-refractivity contribution in [1.82, 2.24) is 0 Å². The van der Waals surface area contributed by atoms with Crippen LogP contribution in [0.2, 0.25) is 0 Å². The second-order valence-corrected chi connectivity index (χ2v) is 34.9. The lowest BCUT2D eigenvalue weighted by Gasteiger charge is -2.23. The minimum Gasteiger partial charge on any atom is -0.426 e. The summed E-state index contributed by atoms with van der Waals surface area (Å²) < 4.78 is 121. The fourth-order valence-electron chi connectivity index (χ4n) is 16.5. The van der Waals surface area contributed by atoms with Crippen LogP contribution < -0.4 is 40.3 Å². The normalized spacial score (nSPS) is 14.6. The second-order valence-electron chi connectivity index (χ2n) is 33.4. The Morgan fingerprint density at radius 1 is 0.287 bits per heavy atom. The van der Waals surface area contributed by atoms with Crippen LogP contribution in [0.25, 0.3) is 55.6 Å². The quantitative estimate of drug-likeness (QED) is 0.0186. The maximum atomic E-state index is 14.4. The molecule has 2 amide bonds. The molecule has 25 heteroatoms. The lowest BCUT2D eigenvalue weighted by Crippen LogP contribution is -2.19. The molecule has 15 rings (SSSR count). The molecule has 0 heterocycles. The summed E-state index contributed by atoms with van der Waals surface area (Å²) in [5.74, 6) is -1.51. The molecule has 0 radical (unpaired) electrons. The van der Waals surface area contributed by atoms with Gasteiger partial charge < -0.3 is 35.2 Å². The number of amides is 2. The number of hydrogen-bond donors (Lipinski definition) is 3. The number of rotatable bonds is 27. The van der Waals surface area contributed by atoms with Crippen LogP contribution in [0.4, 0.5) is 22.0 Å². The van der Waals surface area contributed by atoms with Crippen molar-refractivity contribution < 1.29 is 97.2 Å².